The number of hydrogen-bond donors (Lipinski definition) is 1. The number of halogens is 2. The molecule has 0 amide bonds. The van der Waals surface area contributed by atoms with Crippen molar-refractivity contribution < 1.29 is 13.9 Å². The van der Waals surface area contributed by atoms with Gasteiger partial charge >= 0.3 is 0 Å². The summed E-state index contributed by atoms with van der Waals surface area (Å²) in [6.07, 6.45) is 3.31. The molecule has 0 radical (unpaired) electrons. The number of aliphatic hydroxyl groups excluding tert-OH is 1. The second-order valence-electron chi connectivity index (χ2n) is 6.09. The Balaban J connectivity index is 2.27. The van der Waals surface area contributed by atoms with Crippen LogP contribution < -0.4 is 0 Å². The van der Waals surface area contributed by atoms with Gasteiger partial charge in [-0.1, -0.05) is 18.9 Å². The highest BCUT2D eigenvalue weighted by molar-refractivity contribution is 5.24. The molecular formula is C16H23F2NO. The smallest absolute Gasteiger partial charge is 0.132 e. The van der Waals surface area contributed by atoms with Gasteiger partial charge in [-0.05, 0) is 51.9 Å². The zero-order valence-electron chi connectivity index (χ0n) is 12.2. The fourth-order valence-electron chi connectivity index (χ4n) is 2.95. The van der Waals surface area contributed by atoms with Crippen LogP contribution in [-0.4, -0.2) is 28.6 Å². The summed E-state index contributed by atoms with van der Waals surface area (Å²) in [4.78, 5) is 2.15. The van der Waals surface area contributed by atoms with Crippen molar-refractivity contribution in [3.05, 3.63) is 35.4 Å². The van der Waals surface area contributed by atoms with E-state index in [2.05, 4.69) is 4.90 Å². The van der Waals surface area contributed by atoms with E-state index < -0.39 is 23.3 Å². The molecule has 1 atom stereocenters. The van der Waals surface area contributed by atoms with Gasteiger partial charge in [-0.15, -0.1) is 0 Å². The summed E-state index contributed by atoms with van der Waals surface area (Å²) >= 11 is 0. The second-order valence-corrected chi connectivity index (χ2v) is 6.09. The highest BCUT2D eigenvalue weighted by atomic mass is 19.1. The van der Waals surface area contributed by atoms with Gasteiger partial charge in [0.1, 0.15) is 17.7 Å². The molecule has 2 nitrogen and oxygen atoms in total. The summed E-state index contributed by atoms with van der Waals surface area (Å²) < 4.78 is 27.7. The van der Waals surface area contributed by atoms with Gasteiger partial charge in [-0.25, -0.2) is 8.78 Å². The van der Waals surface area contributed by atoms with Gasteiger partial charge in [-0.2, -0.15) is 0 Å². The third kappa shape index (κ3) is 3.01. The van der Waals surface area contributed by atoms with Gasteiger partial charge in [0.05, 0.1) is 5.56 Å². The Bertz CT molecular complexity index is 434. The Morgan fingerprint density at radius 1 is 1.05 bits per heavy atom. The van der Waals surface area contributed by atoms with Gasteiger partial charge in [0.15, 0.2) is 0 Å². The molecule has 1 aromatic carbocycles. The van der Waals surface area contributed by atoms with Crippen LogP contribution in [0, 0.1) is 11.6 Å². The van der Waals surface area contributed by atoms with Crippen LogP contribution in [0.1, 0.15) is 51.2 Å². The third-order valence-electron chi connectivity index (χ3n) is 4.36. The summed E-state index contributed by atoms with van der Waals surface area (Å²) in [5.41, 5.74) is -0.908. The zero-order valence-corrected chi connectivity index (χ0v) is 12.2. The largest absolute Gasteiger partial charge is 0.386 e. The van der Waals surface area contributed by atoms with Gasteiger partial charge in [0.2, 0.25) is 0 Å². The van der Waals surface area contributed by atoms with Crippen LogP contribution in [0.25, 0.3) is 0 Å². The van der Waals surface area contributed by atoms with E-state index in [1.54, 1.807) is 0 Å². The summed E-state index contributed by atoms with van der Waals surface area (Å²) in [6.45, 7) is 5.43. The first kappa shape index (κ1) is 15.4. The van der Waals surface area contributed by atoms with Gasteiger partial charge in [0.25, 0.3) is 0 Å². The number of likely N-dealkylation sites (tertiary alicyclic amines) is 1. The molecule has 112 valence electrons. The minimum atomic E-state index is -1.18. The Morgan fingerprint density at radius 3 is 2.05 bits per heavy atom. The molecule has 1 aromatic rings. The number of rotatable bonds is 3. The van der Waals surface area contributed by atoms with E-state index in [9.17, 15) is 13.9 Å². The lowest BCUT2D eigenvalue weighted by molar-refractivity contribution is -0.0137. The van der Waals surface area contributed by atoms with Crippen LogP contribution in [0.5, 0.6) is 0 Å². The molecule has 1 saturated heterocycles. The topological polar surface area (TPSA) is 23.5 Å². The minimum absolute atomic E-state index is 0.221. The molecule has 0 aliphatic carbocycles. The molecule has 1 unspecified atom stereocenters. The van der Waals surface area contributed by atoms with Gasteiger partial charge in [0, 0.05) is 5.54 Å². The van der Waals surface area contributed by atoms with E-state index >= 15 is 0 Å². The Morgan fingerprint density at radius 2 is 1.55 bits per heavy atom. The normalized spacial score (nSPS) is 19.6. The van der Waals surface area contributed by atoms with Crippen molar-refractivity contribution in [3.8, 4) is 0 Å². The molecule has 1 fully saturated rings. The first-order valence-corrected chi connectivity index (χ1v) is 7.31. The highest BCUT2D eigenvalue weighted by Gasteiger charge is 2.38. The maximum absolute atomic E-state index is 13.9. The lowest BCUT2D eigenvalue weighted by Crippen LogP contribution is -2.49. The summed E-state index contributed by atoms with van der Waals surface area (Å²) in [5.74, 6) is -1.36. The summed E-state index contributed by atoms with van der Waals surface area (Å²) in [6, 6.07) is 3.71. The van der Waals surface area contributed by atoms with E-state index in [4.69, 9.17) is 0 Å². The van der Waals surface area contributed by atoms with Crippen molar-refractivity contribution in [2.45, 2.75) is 51.2 Å². The predicted octanol–water partition coefficient (Wildman–Crippen LogP) is 3.65. The van der Waals surface area contributed by atoms with Crippen molar-refractivity contribution in [1.29, 1.82) is 0 Å². The fraction of sp³-hybridized carbons (Fsp3) is 0.625. The first-order valence-electron chi connectivity index (χ1n) is 7.31. The average molecular weight is 283 g/mol. The molecular weight excluding hydrogens is 260 g/mol. The predicted molar refractivity (Wildman–Crippen MR) is 75.4 cm³/mol. The van der Waals surface area contributed by atoms with Crippen molar-refractivity contribution in [2.75, 3.05) is 13.1 Å². The molecule has 1 aliphatic heterocycles. The number of hydrogen-bond acceptors (Lipinski definition) is 2. The van der Waals surface area contributed by atoms with E-state index in [0.29, 0.717) is 0 Å². The van der Waals surface area contributed by atoms with Gasteiger partial charge < -0.3 is 5.11 Å². The molecule has 1 N–H and O–H groups in total. The number of aliphatic hydroxyl groups is 1. The lowest BCUT2D eigenvalue weighted by atomic mass is 9.88. The van der Waals surface area contributed by atoms with Crippen molar-refractivity contribution in [1.82, 2.24) is 4.90 Å². The average Bonchev–Trinajstić information content (AvgIpc) is 2.67. The molecule has 0 bridgehead atoms. The molecule has 2 rings (SSSR count). The Hall–Kier alpha value is -1.00. The molecule has 20 heavy (non-hydrogen) atoms. The maximum Gasteiger partial charge on any atom is 0.132 e. The molecule has 0 aromatic heterocycles. The number of benzene rings is 1. The standard InChI is InChI=1S/C16H23F2NO/c1-16(2,19-10-5-3-4-6-11-19)15(20)14-12(17)8-7-9-13(14)18/h7-9,15,20H,3-6,10-11H2,1-2H3. The molecule has 4 heteroatoms. The van der Waals surface area contributed by atoms with Gasteiger partial charge in [-0.3, -0.25) is 4.90 Å². The van der Waals surface area contributed by atoms with Crippen molar-refractivity contribution in [3.63, 3.8) is 0 Å². The first-order chi connectivity index (χ1) is 9.44. The van der Waals surface area contributed by atoms with Crippen LogP contribution in [-0.2, 0) is 0 Å². The SMILES string of the molecule is CC(C)(C(O)c1c(F)cccc1F)N1CCCCCC1. The lowest BCUT2D eigenvalue weighted by Gasteiger charge is -2.41. The molecule has 1 heterocycles. The molecule has 0 saturated carbocycles. The van der Waals surface area contributed by atoms with Crippen LogP contribution in [0.3, 0.4) is 0 Å². The van der Waals surface area contributed by atoms with E-state index in [-0.39, 0.29) is 5.56 Å². The van der Waals surface area contributed by atoms with Crippen LogP contribution in [0.15, 0.2) is 18.2 Å². The van der Waals surface area contributed by atoms with E-state index in [0.717, 1.165) is 25.9 Å². The van der Waals surface area contributed by atoms with Crippen molar-refractivity contribution >= 4 is 0 Å². The highest BCUT2D eigenvalue weighted by Crippen LogP contribution is 2.35. The quantitative estimate of drug-likeness (QED) is 0.915. The second kappa shape index (κ2) is 6.19. The summed E-state index contributed by atoms with van der Waals surface area (Å²) in [7, 11) is 0. The van der Waals surface area contributed by atoms with E-state index in [1.165, 1.54) is 31.0 Å². The Kier molecular flexibility index (Phi) is 4.76. The zero-order chi connectivity index (χ0) is 14.8. The monoisotopic (exact) mass is 283 g/mol. The van der Waals surface area contributed by atoms with Crippen LogP contribution >= 0.6 is 0 Å². The number of nitrogens with zero attached hydrogens (tertiary/aromatic N) is 1. The van der Waals surface area contributed by atoms with Crippen molar-refractivity contribution in [2.24, 2.45) is 0 Å². The fourth-order valence-corrected chi connectivity index (χ4v) is 2.95. The van der Waals surface area contributed by atoms with E-state index in [1.807, 2.05) is 13.8 Å². The molecule has 0 spiro atoms. The maximum atomic E-state index is 13.9. The minimum Gasteiger partial charge on any atom is -0.386 e. The van der Waals surface area contributed by atoms with Crippen LogP contribution in [0.2, 0.25) is 0 Å². The third-order valence-corrected chi connectivity index (χ3v) is 4.36. The Labute approximate surface area is 119 Å². The summed E-state index contributed by atoms with van der Waals surface area (Å²) in [5, 5.41) is 10.5. The van der Waals surface area contributed by atoms with Crippen LogP contribution in [0.4, 0.5) is 8.78 Å². The molecule has 1 aliphatic rings.